The van der Waals surface area contributed by atoms with Crippen LogP contribution in [-0.4, -0.2) is 33.9 Å². The van der Waals surface area contributed by atoms with Crippen molar-refractivity contribution in [3.63, 3.8) is 0 Å². The Labute approximate surface area is 123 Å². The van der Waals surface area contributed by atoms with Crippen LogP contribution >= 0.6 is 0 Å². The number of anilines is 1. The molecule has 0 aliphatic carbocycles. The molecule has 0 saturated carbocycles. The van der Waals surface area contributed by atoms with Gasteiger partial charge in [-0.3, -0.25) is 13.9 Å². The van der Waals surface area contributed by atoms with Gasteiger partial charge in [0.15, 0.2) is 5.56 Å². The normalized spacial score (nSPS) is 21.1. The lowest BCUT2D eigenvalue weighted by Crippen LogP contribution is -2.54. The van der Waals surface area contributed by atoms with Crippen molar-refractivity contribution in [2.75, 3.05) is 18.0 Å². The summed E-state index contributed by atoms with van der Waals surface area (Å²) in [6.45, 7) is 6.85. The monoisotopic (exact) mass is 292 g/mol. The summed E-state index contributed by atoms with van der Waals surface area (Å²) in [5, 5.41) is 9.33. The van der Waals surface area contributed by atoms with Crippen molar-refractivity contribution in [2.24, 2.45) is 14.1 Å². The van der Waals surface area contributed by atoms with E-state index in [1.165, 1.54) is 11.6 Å². The van der Waals surface area contributed by atoms with Gasteiger partial charge in [-0.2, -0.15) is 5.26 Å². The fourth-order valence-corrected chi connectivity index (χ4v) is 2.92. The summed E-state index contributed by atoms with van der Waals surface area (Å²) in [5.41, 5.74) is -1.43. The molecule has 0 unspecified atom stereocenters. The van der Waals surface area contributed by atoms with Gasteiger partial charge in [0.1, 0.15) is 11.9 Å². The Balaban J connectivity index is 2.67. The van der Waals surface area contributed by atoms with Crippen molar-refractivity contribution >= 4 is 5.82 Å². The Morgan fingerprint density at radius 2 is 1.90 bits per heavy atom. The molecule has 1 fully saturated rings. The fraction of sp³-hybridized carbons (Fsp3) is 0.643. The molecule has 0 bridgehead atoms. The minimum Gasteiger partial charge on any atom is -0.369 e. The van der Waals surface area contributed by atoms with E-state index < -0.39 is 16.9 Å². The lowest BCUT2D eigenvalue weighted by molar-refractivity contribution is -0.0753. The summed E-state index contributed by atoms with van der Waals surface area (Å²) < 4.78 is 8.14. The first kappa shape index (κ1) is 15.3. The predicted octanol–water partition coefficient (Wildman–Crippen LogP) is -0.0406. The first-order valence-electron chi connectivity index (χ1n) is 6.81. The van der Waals surface area contributed by atoms with Crippen LogP contribution in [0.3, 0.4) is 0 Å². The highest BCUT2D eigenvalue weighted by Gasteiger charge is 2.34. The van der Waals surface area contributed by atoms with Crippen molar-refractivity contribution in [2.45, 2.75) is 32.5 Å². The van der Waals surface area contributed by atoms with Crippen LogP contribution < -0.4 is 16.1 Å². The maximum atomic E-state index is 12.1. The van der Waals surface area contributed by atoms with E-state index in [1.807, 2.05) is 31.7 Å². The molecule has 0 N–H and O–H groups in total. The molecule has 2 rings (SSSR count). The van der Waals surface area contributed by atoms with Crippen LogP contribution in [-0.2, 0) is 18.8 Å². The van der Waals surface area contributed by atoms with Gasteiger partial charge in [0.25, 0.3) is 5.56 Å². The van der Waals surface area contributed by atoms with Gasteiger partial charge < -0.3 is 9.64 Å². The van der Waals surface area contributed by atoms with Gasteiger partial charge in [-0.15, -0.1) is 0 Å². The molecule has 1 atom stereocenters. The van der Waals surface area contributed by atoms with Crippen molar-refractivity contribution in [1.29, 1.82) is 5.26 Å². The van der Waals surface area contributed by atoms with Gasteiger partial charge in [0.2, 0.25) is 0 Å². The maximum Gasteiger partial charge on any atom is 0.332 e. The molecule has 7 heteroatoms. The smallest absolute Gasteiger partial charge is 0.332 e. The molecule has 0 amide bonds. The number of ether oxygens (including phenoxy) is 1. The number of hydrogen-bond acceptors (Lipinski definition) is 5. The minimum absolute atomic E-state index is 0.00972. The molecule has 2 heterocycles. The van der Waals surface area contributed by atoms with Crippen LogP contribution in [0.4, 0.5) is 5.82 Å². The van der Waals surface area contributed by atoms with E-state index in [1.54, 1.807) is 7.05 Å². The minimum atomic E-state index is -0.562. The SMILES string of the molecule is C[C@H]1CN(c2c(C#N)c(=O)n(C)c(=O)n2C)CC(C)(C)O1. The van der Waals surface area contributed by atoms with Crippen molar-refractivity contribution in [1.82, 2.24) is 9.13 Å². The van der Waals surface area contributed by atoms with Crippen LogP contribution in [0, 0.1) is 11.3 Å². The van der Waals surface area contributed by atoms with Gasteiger partial charge >= 0.3 is 5.69 Å². The summed E-state index contributed by atoms with van der Waals surface area (Å²) in [5.74, 6) is 0.369. The molecule has 1 aromatic rings. The predicted molar refractivity (Wildman–Crippen MR) is 78.5 cm³/mol. The first-order chi connectivity index (χ1) is 9.68. The van der Waals surface area contributed by atoms with Gasteiger partial charge in [-0.25, -0.2) is 4.79 Å². The summed E-state index contributed by atoms with van der Waals surface area (Å²) in [4.78, 5) is 26.2. The zero-order valence-corrected chi connectivity index (χ0v) is 13.0. The molecule has 1 saturated heterocycles. The largest absolute Gasteiger partial charge is 0.369 e. The second kappa shape index (κ2) is 5.04. The highest BCUT2D eigenvalue weighted by atomic mass is 16.5. The van der Waals surface area contributed by atoms with E-state index in [-0.39, 0.29) is 11.7 Å². The van der Waals surface area contributed by atoms with E-state index in [2.05, 4.69) is 0 Å². The molecule has 1 aliphatic rings. The standard InChI is InChI=1S/C14H20N4O3/c1-9-7-18(8-14(2,3)21-9)11-10(6-15)12(19)17(5)13(20)16(11)4/h9H,7-8H2,1-5H3/t9-/m0/s1. The number of hydrogen-bond donors (Lipinski definition) is 0. The highest BCUT2D eigenvalue weighted by Crippen LogP contribution is 2.26. The van der Waals surface area contributed by atoms with Gasteiger partial charge in [0.05, 0.1) is 11.7 Å². The molecule has 0 spiro atoms. The molecule has 21 heavy (non-hydrogen) atoms. The topological polar surface area (TPSA) is 80.3 Å². The Kier molecular flexibility index (Phi) is 3.68. The summed E-state index contributed by atoms with van der Waals surface area (Å²) in [6, 6.07) is 1.94. The average molecular weight is 292 g/mol. The number of nitriles is 1. The second-order valence-electron chi connectivity index (χ2n) is 6.08. The van der Waals surface area contributed by atoms with Crippen LogP contribution in [0.15, 0.2) is 9.59 Å². The summed E-state index contributed by atoms with van der Waals surface area (Å²) >= 11 is 0. The molecule has 0 radical (unpaired) electrons. The van der Waals surface area contributed by atoms with Crippen LogP contribution in [0.5, 0.6) is 0 Å². The van der Waals surface area contributed by atoms with E-state index >= 15 is 0 Å². The van der Waals surface area contributed by atoms with E-state index in [0.29, 0.717) is 18.9 Å². The highest BCUT2D eigenvalue weighted by molar-refractivity contribution is 5.54. The van der Waals surface area contributed by atoms with Crippen LogP contribution in [0.25, 0.3) is 0 Å². The van der Waals surface area contributed by atoms with Crippen molar-refractivity contribution in [3.8, 4) is 6.07 Å². The third kappa shape index (κ3) is 2.59. The second-order valence-corrected chi connectivity index (χ2v) is 6.08. The zero-order chi connectivity index (χ0) is 15.9. The van der Waals surface area contributed by atoms with Gasteiger partial charge in [-0.05, 0) is 20.8 Å². The molecule has 114 valence electrons. The average Bonchev–Trinajstić information content (AvgIpc) is 2.37. The Morgan fingerprint density at radius 1 is 1.29 bits per heavy atom. The third-order valence-electron chi connectivity index (χ3n) is 3.61. The van der Waals surface area contributed by atoms with Crippen molar-refractivity contribution in [3.05, 3.63) is 26.4 Å². The number of rotatable bonds is 1. The molecule has 1 aromatic heterocycles. The quantitative estimate of drug-likeness (QED) is 0.725. The Morgan fingerprint density at radius 3 is 2.43 bits per heavy atom. The van der Waals surface area contributed by atoms with Gasteiger partial charge in [0, 0.05) is 27.2 Å². The maximum absolute atomic E-state index is 12.1. The number of morpholine rings is 1. The first-order valence-corrected chi connectivity index (χ1v) is 6.81. The van der Waals surface area contributed by atoms with E-state index in [0.717, 1.165) is 4.57 Å². The van der Waals surface area contributed by atoms with E-state index in [9.17, 15) is 14.9 Å². The summed E-state index contributed by atoms with van der Waals surface area (Å²) in [6.07, 6.45) is -0.0561. The Hall–Kier alpha value is -2.07. The lowest BCUT2D eigenvalue weighted by Gasteiger charge is -2.43. The molecule has 7 nitrogen and oxygen atoms in total. The number of nitrogens with zero attached hydrogens (tertiary/aromatic N) is 4. The molecular weight excluding hydrogens is 272 g/mol. The van der Waals surface area contributed by atoms with Crippen LogP contribution in [0.2, 0.25) is 0 Å². The zero-order valence-electron chi connectivity index (χ0n) is 13.0. The third-order valence-corrected chi connectivity index (χ3v) is 3.61. The summed E-state index contributed by atoms with van der Waals surface area (Å²) in [7, 11) is 2.95. The molecule has 1 aliphatic heterocycles. The van der Waals surface area contributed by atoms with Crippen molar-refractivity contribution < 1.29 is 4.74 Å². The Bertz CT molecular complexity index is 723. The van der Waals surface area contributed by atoms with E-state index in [4.69, 9.17) is 4.74 Å². The van der Waals surface area contributed by atoms with Crippen LogP contribution in [0.1, 0.15) is 26.3 Å². The number of aromatic nitrogens is 2. The van der Waals surface area contributed by atoms with Gasteiger partial charge in [-0.1, -0.05) is 0 Å². The fourth-order valence-electron chi connectivity index (χ4n) is 2.92. The lowest BCUT2D eigenvalue weighted by atomic mass is 10.1. The molecule has 0 aromatic carbocycles. The molecular formula is C14H20N4O3.